The highest BCUT2D eigenvalue weighted by molar-refractivity contribution is 7.89. The molecule has 146 valence electrons. The molecule has 0 aromatic heterocycles. The molecule has 0 saturated heterocycles. The van der Waals surface area contributed by atoms with Crippen LogP contribution in [0.4, 0.5) is 10.1 Å². The fourth-order valence-corrected chi connectivity index (χ4v) is 3.94. The molecule has 0 fully saturated rings. The van der Waals surface area contributed by atoms with Gasteiger partial charge in [-0.25, -0.2) is 26.4 Å². The molecule has 27 heavy (non-hydrogen) atoms. The standard InChI is InChI=1S/C16H18FN3O5S2/c1-2-15(20-27(24,25)14-7-3-11(17)4-8-14)16(21)19-12-5-9-13(10-6-12)26(18,22)23/h3-10,15,20H,2H2,1H3,(H,19,21)(H2,18,22,23). The van der Waals surface area contributed by atoms with Gasteiger partial charge in [0.1, 0.15) is 11.9 Å². The van der Waals surface area contributed by atoms with Crippen LogP contribution in [-0.2, 0) is 24.8 Å². The first kappa shape index (κ1) is 21.0. The second-order valence-corrected chi connectivity index (χ2v) is 8.87. The number of primary sulfonamides is 1. The number of nitrogens with two attached hydrogens (primary N) is 1. The van der Waals surface area contributed by atoms with Crippen molar-refractivity contribution in [3.63, 3.8) is 0 Å². The zero-order valence-corrected chi connectivity index (χ0v) is 15.8. The van der Waals surface area contributed by atoms with Gasteiger partial charge < -0.3 is 5.32 Å². The quantitative estimate of drug-likeness (QED) is 0.624. The van der Waals surface area contributed by atoms with Gasteiger partial charge in [0.05, 0.1) is 9.79 Å². The molecule has 0 heterocycles. The number of rotatable bonds is 7. The van der Waals surface area contributed by atoms with Gasteiger partial charge in [0.25, 0.3) is 0 Å². The molecule has 1 atom stereocenters. The van der Waals surface area contributed by atoms with E-state index in [0.717, 1.165) is 24.3 Å². The summed E-state index contributed by atoms with van der Waals surface area (Å²) in [7, 11) is -7.88. The van der Waals surface area contributed by atoms with E-state index in [2.05, 4.69) is 10.0 Å². The zero-order chi connectivity index (χ0) is 20.2. The van der Waals surface area contributed by atoms with Gasteiger partial charge in [-0.2, -0.15) is 4.72 Å². The third-order valence-electron chi connectivity index (χ3n) is 3.60. The van der Waals surface area contributed by atoms with Crippen LogP contribution in [0, 0.1) is 5.82 Å². The van der Waals surface area contributed by atoms with Crippen LogP contribution in [0.1, 0.15) is 13.3 Å². The first-order chi connectivity index (χ1) is 12.5. The SMILES string of the molecule is CCC(NS(=O)(=O)c1ccc(F)cc1)C(=O)Nc1ccc(S(N)(=O)=O)cc1. The molecule has 0 saturated carbocycles. The Labute approximate surface area is 156 Å². The monoisotopic (exact) mass is 415 g/mol. The van der Waals surface area contributed by atoms with E-state index in [1.807, 2.05) is 0 Å². The normalized spacial score (nSPS) is 13.1. The fraction of sp³-hybridized carbons (Fsp3) is 0.188. The highest BCUT2D eigenvalue weighted by atomic mass is 32.2. The van der Waals surface area contributed by atoms with Crippen LogP contribution >= 0.6 is 0 Å². The minimum atomic E-state index is -4.03. The molecule has 0 bridgehead atoms. The van der Waals surface area contributed by atoms with E-state index >= 15 is 0 Å². The van der Waals surface area contributed by atoms with Crippen LogP contribution < -0.4 is 15.2 Å². The number of anilines is 1. The summed E-state index contributed by atoms with van der Waals surface area (Å²) in [6, 6.07) is 8.20. The number of carbonyl (C=O) groups is 1. The van der Waals surface area contributed by atoms with Gasteiger partial charge in [-0.15, -0.1) is 0 Å². The smallest absolute Gasteiger partial charge is 0.242 e. The Hall–Kier alpha value is -2.34. The molecule has 2 rings (SSSR count). The number of amides is 1. The average Bonchev–Trinajstić information content (AvgIpc) is 2.59. The Morgan fingerprint density at radius 3 is 2.00 bits per heavy atom. The van der Waals surface area contributed by atoms with E-state index in [1.54, 1.807) is 6.92 Å². The number of benzene rings is 2. The van der Waals surface area contributed by atoms with E-state index < -0.39 is 37.8 Å². The first-order valence-corrected chi connectivity index (χ1v) is 10.8. The third kappa shape index (κ3) is 5.57. The molecule has 0 aliphatic heterocycles. The van der Waals surface area contributed by atoms with E-state index in [0.29, 0.717) is 0 Å². The summed E-state index contributed by atoms with van der Waals surface area (Å²) < 4.78 is 62.3. The van der Waals surface area contributed by atoms with Crippen molar-refractivity contribution >= 4 is 31.6 Å². The van der Waals surface area contributed by atoms with Gasteiger partial charge in [0.15, 0.2) is 0 Å². The van der Waals surface area contributed by atoms with Crippen LogP contribution in [0.3, 0.4) is 0 Å². The number of sulfonamides is 2. The molecule has 0 spiro atoms. The fourth-order valence-electron chi connectivity index (χ4n) is 2.15. The minimum absolute atomic E-state index is 0.121. The maximum atomic E-state index is 13.0. The number of halogens is 1. The predicted molar refractivity (Wildman–Crippen MR) is 97.2 cm³/mol. The first-order valence-electron chi connectivity index (χ1n) is 7.74. The van der Waals surface area contributed by atoms with E-state index in [9.17, 15) is 26.0 Å². The Balaban J connectivity index is 2.12. The van der Waals surface area contributed by atoms with Gasteiger partial charge in [-0.05, 0) is 55.0 Å². The highest BCUT2D eigenvalue weighted by Gasteiger charge is 2.24. The van der Waals surface area contributed by atoms with Crippen LogP contribution in [0.15, 0.2) is 58.3 Å². The summed E-state index contributed by atoms with van der Waals surface area (Å²) in [5, 5.41) is 7.49. The lowest BCUT2D eigenvalue weighted by molar-refractivity contribution is -0.117. The number of carbonyl (C=O) groups excluding carboxylic acids is 1. The topological polar surface area (TPSA) is 135 Å². The second-order valence-electron chi connectivity index (χ2n) is 5.59. The van der Waals surface area contributed by atoms with Gasteiger partial charge >= 0.3 is 0 Å². The van der Waals surface area contributed by atoms with Crippen molar-refractivity contribution in [2.24, 2.45) is 5.14 Å². The van der Waals surface area contributed by atoms with Crippen LogP contribution in [0.5, 0.6) is 0 Å². The number of hydrogen-bond acceptors (Lipinski definition) is 5. The van der Waals surface area contributed by atoms with Crippen LogP contribution in [-0.4, -0.2) is 28.8 Å². The van der Waals surface area contributed by atoms with Gasteiger partial charge in [-0.3, -0.25) is 4.79 Å². The molecule has 0 aliphatic carbocycles. The molecule has 0 radical (unpaired) electrons. The Bertz CT molecular complexity index is 1020. The molecule has 8 nitrogen and oxygen atoms in total. The van der Waals surface area contributed by atoms with Crippen molar-refractivity contribution in [2.45, 2.75) is 29.2 Å². The van der Waals surface area contributed by atoms with Gasteiger partial charge in [-0.1, -0.05) is 6.92 Å². The molecule has 2 aromatic rings. The number of hydrogen-bond donors (Lipinski definition) is 3. The van der Waals surface area contributed by atoms with Crippen molar-refractivity contribution in [2.75, 3.05) is 5.32 Å². The maximum absolute atomic E-state index is 13.0. The van der Waals surface area contributed by atoms with Crippen molar-refractivity contribution in [1.29, 1.82) is 0 Å². The van der Waals surface area contributed by atoms with E-state index in [1.165, 1.54) is 24.3 Å². The Morgan fingerprint density at radius 1 is 1.00 bits per heavy atom. The molecule has 0 aliphatic rings. The second kappa shape index (κ2) is 8.13. The molecule has 4 N–H and O–H groups in total. The largest absolute Gasteiger partial charge is 0.325 e. The summed E-state index contributed by atoms with van der Waals surface area (Å²) in [4.78, 5) is 12.1. The van der Waals surface area contributed by atoms with Crippen LogP contribution in [0.25, 0.3) is 0 Å². The molecular formula is C16H18FN3O5S2. The molecule has 2 aromatic carbocycles. The Morgan fingerprint density at radius 2 is 1.52 bits per heavy atom. The highest BCUT2D eigenvalue weighted by Crippen LogP contribution is 2.15. The lowest BCUT2D eigenvalue weighted by Crippen LogP contribution is -2.43. The zero-order valence-electron chi connectivity index (χ0n) is 14.2. The summed E-state index contributed by atoms with van der Waals surface area (Å²) in [5.41, 5.74) is 0.270. The Kier molecular flexibility index (Phi) is 6.31. The predicted octanol–water partition coefficient (Wildman–Crippen LogP) is 1.17. The minimum Gasteiger partial charge on any atom is -0.325 e. The van der Waals surface area contributed by atoms with Gasteiger partial charge in [0, 0.05) is 5.69 Å². The van der Waals surface area contributed by atoms with E-state index in [4.69, 9.17) is 5.14 Å². The molecule has 11 heteroatoms. The summed E-state index contributed by atoms with van der Waals surface area (Å²) >= 11 is 0. The van der Waals surface area contributed by atoms with E-state index in [-0.39, 0.29) is 21.9 Å². The van der Waals surface area contributed by atoms with Crippen LogP contribution in [0.2, 0.25) is 0 Å². The molecular weight excluding hydrogens is 397 g/mol. The third-order valence-corrected chi connectivity index (χ3v) is 6.01. The maximum Gasteiger partial charge on any atom is 0.242 e. The number of nitrogens with one attached hydrogen (secondary N) is 2. The molecule has 1 unspecified atom stereocenters. The summed E-state index contributed by atoms with van der Waals surface area (Å²) in [6.45, 7) is 1.61. The van der Waals surface area contributed by atoms with Gasteiger partial charge in [0.2, 0.25) is 26.0 Å². The summed E-state index contributed by atoms with van der Waals surface area (Å²) in [5.74, 6) is -1.21. The lowest BCUT2D eigenvalue weighted by Gasteiger charge is -2.17. The van der Waals surface area contributed by atoms with Crippen molar-refractivity contribution in [1.82, 2.24) is 4.72 Å². The van der Waals surface area contributed by atoms with Crippen molar-refractivity contribution in [3.05, 3.63) is 54.3 Å². The van der Waals surface area contributed by atoms with Crippen molar-refractivity contribution < 1.29 is 26.0 Å². The molecule has 1 amide bonds. The average molecular weight is 415 g/mol. The van der Waals surface area contributed by atoms with Crippen molar-refractivity contribution in [3.8, 4) is 0 Å². The summed E-state index contributed by atoms with van der Waals surface area (Å²) in [6.07, 6.45) is 0.154. The lowest BCUT2D eigenvalue weighted by atomic mass is 10.2.